The summed E-state index contributed by atoms with van der Waals surface area (Å²) < 4.78 is 5.87. The highest BCUT2D eigenvalue weighted by Gasteiger charge is 2.09. The molecule has 136 valence electrons. The lowest BCUT2D eigenvalue weighted by atomic mass is 10.1. The predicted octanol–water partition coefficient (Wildman–Crippen LogP) is 5.72. The second-order valence-electron chi connectivity index (χ2n) is 7.11. The Morgan fingerprint density at radius 2 is 1.74 bits per heavy atom. The molecule has 2 aromatic heterocycles. The zero-order chi connectivity index (χ0) is 18.6. The summed E-state index contributed by atoms with van der Waals surface area (Å²) in [5, 5.41) is 0. The second-order valence-corrected chi connectivity index (χ2v) is 7.11. The summed E-state index contributed by atoms with van der Waals surface area (Å²) in [5.74, 6) is 2.30. The molecule has 27 heavy (non-hydrogen) atoms. The van der Waals surface area contributed by atoms with Gasteiger partial charge in [-0.25, -0.2) is 9.97 Å². The molecule has 2 aromatic carbocycles. The fourth-order valence-corrected chi connectivity index (χ4v) is 2.97. The minimum absolute atomic E-state index is 0.633. The van der Waals surface area contributed by atoms with Crippen LogP contribution in [0.4, 0.5) is 0 Å². The predicted molar refractivity (Wildman–Crippen MR) is 110 cm³/mol. The fraction of sp³-hybridized carbons (Fsp3) is 0.217. The molecular formula is C23H23N3O. The summed E-state index contributed by atoms with van der Waals surface area (Å²) in [5.41, 5.74) is 4.86. The minimum atomic E-state index is 0.633. The van der Waals surface area contributed by atoms with Crippen LogP contribution in [0.1, 0.15) is 20.3 Å². The van der Waals surface area contributed by atoms with Crippen molar-refractivity contribution in [3.05, 3.63) is 66.9 Å². The molecule has 0 aliphatic carbocycles. The number of ether oxygens (including phenoxy) is 1. The van der Waals surface area contributed by atoms with E-state index in [1.54, 1.807) is 0 Å². The van der Waals surface area contributed by atoms with Crippen molar-refractivity contribution in [2.75, 3.05) is 6.61 Å². The average molecular weight is 357 g/mol. The Kier molecular flexibility index (Phi) is 4.88. The minimum Gasteiger partial charge on any atom is -0.494 e. The van der Waals surface area contributed by atoms with Gasteiger partial charge >= 0.3 is 0 Å². The van der Waals surface area contributed by atoms with Crippen molar-refractivity contribution < 1.29 is 4.74 Å². The SMILES string of the molecule is CC(C)CCOc1cccc(-c2nc3ncc(-c4ccccc4)cc3[nH]2)c1. The monoisotopic (exact) mass is 357 g/mol. The molecule has 0 amide bonds. The van der Waals surface area contributed by atoms with E-state index in [4.69, 9.17) is 4.74 Å². The number of imidazole rings is 1. The summed E-state index contributed by atoms with van der Waals surface area (Å²) in [6, 6.07) is 20.4. The van der Waals surface area contributed by atoms with Crippen molar-refractivity contribution in [1.82, 2.24) is 15.0 Å². The van der Waals surface area contributed by atoms with Crippen LogP contribution < -0.4 is 4.74 Å². The van der Waals surface area contributed by atoms with Gasteiger partial charge in [-0.15, -0.1) is 0 Å². The van der Waals surface area contributed by atoms with Crippen LogP contribution in [-0.2, 0) is 0 Å². The van der Waals surface area contributed by atoms with E-state index >= 15 is 0 Å². The average Bonchev–Trinajstić information content (AvgIpc) is 3.12. The topological polar surface area (TPSA) is 50.8 Å². The van der Waals surface area contributed by atoms with E-state index in [0.29, 0.717) is 5.92 Å². The van der Waals surface area contributed by atoms with E-state index in [0.717, 1.165) is 52.5 Å². The van der Waals surface area contributed by atoms with E-state index < -0.39 is 0 Å². The zero-order valence-electron chi connectivity index (χ0n) is 15.6. The number of pyridine rings is 1. The Hall–Kier alpha value is -3.14. The van der Waals surface area contributed by atoms with Crippen molar-refractivity contribution >= 4 is 11.2 Å². The molecular weight excluding hydrogens is 334 g/mol. The maximum Gasteiger partial charge on any atom is 0.178 e. The molecule has 0 bridgehead atoms. The number of hydrogen-bond donors (Lipinski definition) is 1. The molecule has 0 atom stereocenters. The number of nitrogens with one attached hydrogen (secondary N) is 1. The fourth-order valence-electron chi connectivity index (χ4n) is 2.97. The molecule has 0 saturated heterocycles. The summed E-state index contributed by atoms with van der Waals surface area (Å²) in [7, 11) is 0. The lowest BCUT2D eigenvalue weighted by molar-refractivity contribution is 0.289. The van der Waals surface area contributed by atoms with Gasteiger partial charge in [0.15, 0.2) is 5.65 Å². The molecule has 0 spiro atoms. The molecule has 1 N–H and O–H groups in total. The maximum absolute atomic E-state index is 5.87. The Balaban J connectivity index is 1.60. The molecule has 4 heteroatoms. The first kappa shape index (κ1) is 17.3. The normalized spacial score (nSPS) is 11.2. The third kappa shape index (κ3) is 4.00. The summed E-state index contributed by atoms with van der Waals surface area (Å²) in [6.07, 6.45) is 2.91. The van der Waals surface area contributed by atoms with Gasteiger partial charge in [-0.1, -0.05) is 56.3 Å². The van der Waals surface area contributed by atoms with Crippen LogP contribution in [-0.4, -0.2) is 21.6 Å². The van der Waals surface area contributed by atoms with Gasteiger partial charge in [-0.05, 0) is 36.1 Å². The quantitative estimate of drug-likeness (QED) is 0.480. The van der Waals surface area contributed by atoms with Crippen LogP contribution in [0.15, 0.2) is 66.9 Å². The van der Waals surface area contributed by atoms with Crippen LogP contribution in [0.2, 0.25) is 0 Å². The van der Waals surface area contributed by atoms with E-state index in [1.807, 2.05) is 48.7 Å². The molecule has 4 rings (SSSR count). The lowest BCUT2D eigenvalue weighted by Gasteiger charge is -2.08. The zero-order valence-corrected chi connectivity index (χ0v) is 15.6. The molecule has 0 radical (unpaired) electrons. The maximum atomic E-state index is 5.87. The first-order valence-electron chi connectivity index (χ1n) is 9.33. The van der Waals surface area contributed by atoms with Crippen molar-refractivity contribution in [2.24, 2.45) is 5.92 Å². The molecule has 0 aliphatic rings. The van der Waals surface area contributed by atoms with E-state index in [2.05, 4.69) is 47.0 Å². The van der Waals surface area contributed by atoms with Crippen molar-refractivity contribution in [3.8, 4) is 28.3 Å². The van der Waals surface area contributed by atoms with Gasteiger partial charge in [0, 0.05) is 17.3 Å². The highest BCUT2D eigenvalue weighted by Crippen LogP contribution is 2.26. The number of nitrogens with zero attached hydrogens (tertiary/aromatic N) is 2. The van der Waals surface area contributed by atoms with Gasteiger partial charge < -0.3 is 9.72 Å². The van der Waals surface area contributed by atoms with Crippen molar-refractivity contribution in [1.29, 1.82) is 0 Å². The first-order valence-corrected chi connectivity index (χ1v) is 9.33. The number of H-pyrrole nitrogens is 1. The van der Waals surface area contributed by atoms with Gasteiger partial charge in [0.05, 0.1) is 12.1 Å². The number of rotatable bonds is 6. The summed E-state index contributed by atoms with van der Waals surface area (Å²) in [6.45, 7) is 5.12. The Labute approximate surface area is 159 Å². The number of benzene rings is 2. The van der Waals surface area contributed by atoms with Gasteiger partial charge in [-0.2, -0.15) is 0 Å². The van der Waals surface area contributed by atoms with E-state index in [-0.39, 0.29) is 0 Å². The summed E-state index contributed by atoms with van der Waals surface area (Å²) >= 11 is 0. The largest absolute Gasteiger partial charge is 0.494 e. The number of aromatic nitrogens is 3. The molecule has 0 saturated carbocycles. The Morgan fingerprint density at radius 1 is 0.926 bits per heavy atom. The molecule has 4 aromatic rings. The number of fused-ring (bicyclic) bond motifs is 1. The van der Waals surface area contributed by atoms with E-state index in [1.165, 1.54) is 0 Å². The molecule has 0 aliphatic heterocycles. The Morgan fingerprint density at radius 3 is 2.56 bits per heavy atom. The van der Waals surface area contributed by atoms with Gasteiger partial charge in [0.2, 0.25) is 0 Å². The first-order chi connectivity index (χ1) is 13.2. The molecule has 0 unspecified atom stereocenters. The highest BCUT2D eigenvalue weighted by atomic mass is 16.5. The number of aromatic amines is 1. The smallest absolute Gasteiger partial charge is 0.178 e. The van der Waals surface area contributed by atoms with Crippen LogP contribution >= 0.6 is 0 Å². The van der Waals surface area contributed by atoms with Gasteiger partial charge in [0.25, 0.3) is 0 Å². The summed E-state index contributed by atoms with van der Waals surface area (Å²) in [4.78, 5) is 12.6. The van der Waals surface area contributed by atoms with Gasteiger partial charge in [0.1, 0.15) is 11.6 Å². The standard InChI is InChI=1S/C23H23N3O/c1-16(2)11-12-27-20-10-6-9-18(13-20)22-25-21-14-19(15-24-23(21)26-22)17-7-4-3-5-8-17/h3-10,13-16H,11-12H2,1-2H3,(H,24,25,26). The van der Waals surface area contributed by atoms with Crippen LogP contribution in [0, 0.1) is 5.92 Å². The van der Waals surface area contributed by atoms with Crippen molar-refractivity contribution in [3.63, 3.8) is 0 Å². The lowest BCUT2D eigenvalue weighted by Crippen LogP contribution is -2.01. The van der Waals surface area contributed by atoms with Crippen LogP contribution in [0.3, 0.4) is 0 Å². The number of hydrogen-bond acceptors (Lipinski definition) is 3. The van der Waals surface area contributed by atoms with Gasteiger partial charge in [-0.3, -0.25) is 0 Å². The van der Waals surface area contributed by atoms with Crippen molar-refractivity contribution in [2.45, 2.75) is 20.3 Å². The molecule has 2 heterocycles. The van der Waals surface area contributed by atoms with Crippen LogP contribution in [0.5, 0.6) is 5.75 Å². The second kappa shape index (κ2) is 7.62. The van der Waals surface area contributed by atoms with E-state index in [9.17, 15) is 0 Å². The highest BCUT2D eigenvalue weighted by molar-refractivity contribution is 5.81. The third-order valence-corrected chi connectivity index (χ3v) is 4.52. The third-order valence-electron chi connectivity index (χ3n) is 4.52. The molecule has 4 nitrogen and oxygen atoms in total. The molecule has 0 fully saturated rings. The van der Waals surface area contributed by atoms with Crippen LogP contribution in [0.25, 0.3) is 33.7 Å². The Bertz CT molecular complexity index is 1040.